The summed E-state index contributed by atoms with van der Waals surface area (Å²) < 4.78 is 34.6. The highest BCUT2D eigenvalue weighted by Crippen LogP contribution is 2.29. The highest BCUT2D eigenvalue weighted by Gasteiger charge is 2.28. The van der Waals surface area contributed by atoms with Crippen molar-refractivity contribution < 1.29 is 17.9 Å². The first kappa shape index (κ1) is 21.8. The summed E-state index contributed by atoms with van der Waals surface area (Å²) in [5.74, 6) is 0.368. The molecule has 1 fully saturated rings. The maximum atomic E-state index is 12.5. The lowest BCUT2D eigenvalue weighted by atomic mass is 10.3. The molecule has 1 aliphatic rings. The number of benzene rings is 2. The maximum absolute atomic E-state index is 12.5. The van der Waals surface area contributed by atoms with E-state index >= 15 is 0 Å². The van der Waals surface area contributed by atoms with Gasteiger partial charge in [0, 0.05) is 25.2 Å². The van der Waals surface area contributed by atoms with Gasteiger partial charge in [0.25, 0.3) is 0 Å². The van der Waals surface area contributed by atoms with E-state index in [9.17, 15) is 13.2 Å². The van der Waals surface area contributed by atoms with Crippen LogP contribution < -0.4 is 20.1 Å². The Balaban J connectivity index is 1.34. The molecule has 3 N–H and O–H groups in total. The Hall–Kier alpha value is -3.37. The monoisotopic (exact) mass is 455 g/mol. The Labute approximate surface area is 186 Å². The molecule has 3 aromatic rings. The van der Waals surface area contributed by atoms with Gasteiger partial charge in [-0.05, 0) is 49.2 Å². The standard InChI is InChI=1S/C22H25N5O4S/c1-31-21-10-9-19(32(29,30)26-17-7-8-17)15-20(21)24-22(28)23-13-11-16-12-14-27(25-16)18-5-3-2-4-6-18/h2-6,9-10,12,14-15,17,26H,7-8,11,13H2,1H3,(H2,23,24,28). The highest BCUT2D eigenvalue weighted by molar-refractivity contribution is 7.89. The van der Waals surface area contributed by atoms with E-state index in [-0.39, 0.29) is 16.6 Å². The molecule has 32 heavy (non-hydrogen) atoms. The van der Waals surface area contributed by atoms with E-state index in [1.807, 2.05) is 42.6 Å². The van der Waals surface area contributed by atoms with E-state index in [1.165, 1.54) is 25.3 Å². The third-order valence-electron chi connectivity index (χ3n) is 4.96. The van der Waals surface area contributed by atoms with Crippen molar-refractivity contribution in [3.63, 3.8) is 0 Å². The third kappa shape index (κ3) is 5.45. The van der Waals surface area contributed by atoms with Crippen molar-refractivity contribution in [3.05, 3.63) is 66.5 Å². The molecule has 2 amide bonds. The Morgan fingerprint density at radius 1 is 1.16 bits per heavy atom. The van der Waals surface area contributed by atoms with E-state index in [2.05, 4.69) is 20.5 Å². The van der Waals surface area contributed by atoms with Crippen molar-refractivity contribution in [1.82, 2.24) is 19.8 Å². The smallest absolute Gasteiger partial charge is 0.319 e. The van der Waals surface area contributed by atoms with Gasteiger partial charge in [-0.25, -0.2) is 22.6 Å². The summed E-state index contributed by atoms with van der Waals surface area (Å²) in [5.41, 5.74) is 2.07. The van der Waals surface area contributed by atoms with Gasteiger partial charge in [0.1, 0.15) is 5.75 Å². The minimum absolute atomic E-state index is 0.00724. The van der Waals surface area contributed by atoms with Gasteiger partial charge in [-0.1, -0.05) is 18.2 Å². The minimum atomic E-state index is -3.64. The zero-order valence-corrected chi connectivity index (χ0v) is 18.4. The predicted molar refractivity (Wildman–Crippen MR) is 121 cm³/mol. The fraction of sp³-hybridized carbons (Fsp3) is 0.273. The first-order valence-corrected chi connectivity index (χ1v) is 11.8. The Kier molecular flexibility index (Phi) is 6.42. The number of hydrogen-bond donors (Lipinski definition) is 3. The number of para-hydroxylation sites is 1. The number of sulfonamides is 1. The summed E-state index contributed by atoms with van der Waals surface area (Å²) in [6.45, 7) is 0.362. The van der Waals surface area contributed by atoms with Gasteiger partial charge in [0.2, 0.25) is 10.0 Å². The molecule has 0 spiro atoms. The van der Waals surface area contributed by atoms with Gasteiger partial charge < -0.3 is 15.4 Å². The van der Waals surface area contributed by atoms with Crippen molar-refractivity contribution in [2.75, 3.05) is 19.0 Å². The largest absolute Gasteiger partial charge is 0.495 e. The molecule has 0 saturated heterocycles. The van der Waals surface area contributed by atoms with Crippen molar-refractivity contribution in [1.29, 1.82) is 0 Å². The van der Waals surface area contributed by atoms with Crippen LogP contribution in [-0.2, 0) is 16.4 Å². The summed E-state index contributed by atoms with van der Waals surface area (Å²) in [6, 6.07) is 15.6. The van der Waals surface area contributed by atoms with Crippen LogP contribution in [0.4, 0.5) is 10.5 Å². The van der Waals surface area contributed by atoms with Crippen LogP contribution in [0.5, 0.6) is 5.75 Å². The molecule has 0 bridgehead atoms. The van der Waals surface area contributed by atoms with Crippen molar-refractivity contribution in [2.45, 2.75) is 30.2 Å². The Bertz CT molecular complexity index is 1190. The first-order valence-electron chi connectivity index (χ1n) is 10.3. The van der Waals surface area contributed by atoms with Crippen LogP contribution in [0, 0.1) is 0 Å². The lowest BCUT2D eigenvalue weighted by molar-refractivity contribution is 0.252. The van der Waals surface area contributed by atoms with Crippen molar-refractivity contribution in [3.8, 4) is 11.4 Å². The molecule has 9 nitrogen and oxygen atoms in total. The summed E-state index contributed by atoms with van der Waals surface area (Å²) in [6.07, 6.45) is 4.10. The van der Waals surface area contributed by atoms with Gasteiger partial charge in [-0.15, -0.1) is 0 Å². The molecule has 0 unspecified atom stereocenters. The number of ether oxygens (including phenoxy) is 1. The van der Waals surface area contributed by atoms with Crippen LogP contribution in [0.1, 0.15) is 18.5 Å². The quantitative estimate of drug-likeness (QED) is 0.459. The molecular formula is C22H25N5O4S. The summed E-state index contributed by atoms with van der Waals surface area (Å²) >= 11 is 0. The number of nitrogens with zero attached hydrogens (tertiary/aromatic N) is 2. The number of amides is 2. The van der Waals surface area contributed by atoms with Gasteiger partial charge in [-0.2, -0.15) is 5.10 Å². The molecule has 168 valence electrons. The second-order valence-electron chi connectivity index (χ2n) is 7.48. The number of hydrogen-bond acceptors (Lipinski definition) is 5. The summed E-state index contributed by atoms with van der Waals surface area (Å²) in [4.78, 5) is 12.5. The van der Waals surface area contributed by atoms with Gasteiger partial charge >= 0.3 is 6.03 Å². The molecule has 0 aliphatic heterocycles. The number of nitrogens with one attached hydrogen (secondary N) is 3. The van der Waals surface area contributed by atoms with Crippen LogP contribution >= 0.6 is 0 Å². The number of carbonyl (C=O) groups is 1. The van der Waals surface area contributed by atoms with Gasteiger partial charge in [-0.3, -0.25) is 0 Å². The first-order chi connectivity index (χ1) is 15.4. The molecule has 1 heterocycles. The number of anilines is 1. The second kappa shape index (κ2) is 9.41. The lowest BCUT2D eigenvalue weighted by Gasteiger charge is -2.13. The predicted octanol–water partition coefficient (Wildman–Crippen LogP) is 2.69. The molecule has 0 atom stereocenters. The van der Waals surface area contributed by atoms with Crippen LogP contribution in [-0.4, -0.2) is 43.9 Å². The molecular weight excluding hydrogens is 430 g/mol. The normalized spacial score (nSPS) is 13.5. The summed E-state index contributed by atoms with van der Waals surface area (Å²) in [5, 5.41) is 9.94. The molecule has 10 heteroatoms. The van der Waals surface area contributed by atoms with E-state index in [1.54, 1.807) is 4.68 Å². The van der Waals surface area contributed by atoms with Crippen molar-refractivity contribution in [2.24, 2.45) is 0 Å². The van der Waals surface area contributed by atoms with Gasteiger partial charge in [0.05, 0.1) is 29.1 Å². The average Bonchev–Trinajstić information content (AvgIpc) is 3.46. The molecule has 1 aromatic heterocycles. The lowest BCUT2D eigenvalue weighted by Crippen LogP contribution is -2.31. The molecule has 1 saturated carbocycles. The topological polar surface area (TPSA) is 114 Å². The Morgan fingerprint density at radius 2 is 1.94 bits per heavy atom. The number of carbonyl (C=O) groups excluding carboxylic acids is 1. The third-order valence-corrected chi connectivity index (χ3v) is 6.48. The molecule has 0 radical (unpaired) electrons. The maximum Gasteiger partial charge on any atom is 0.319 e. The molecule has 1 aliphatic carbocycles. The number of aromatic nitrogens is 2. The number of urea groups is 1. The minimum Gasteiger partial charge on any atom is -0.495 e. The highest BCUT2D eigenvalue weighted by atomic mass is 32.2. The summed E-state index contributed by atoms with van der Waals surface area (Å²) in [7, 11) is -2.19. The van der Waals surface area contributed by atoms with Crippen LogP contribution in [0.3, 0.4) is 0 Å². The zero-order valence-electron chi connectivity index (χ0n) is 17.6. The van der Waals surface area contributed by atoms with E-state index < -0.39 is 16.1 Å². The fourth-order valence-electron chi connectivity index (χ4n) is 3.13. The van der Waals surface area contributed by atoms with E-state index in [0.29, 0.717) is 18.7 Å². The molecule has 4 rings (SSSR count). The van der Waals surface area contributed by atoms with Crippen LogP contribution in [0.2, 0.25) is 0 Å². The zero-order chi connectivity index (χ0) is 22.6. The Morgan fingerprint density at radius 3 is 2.66 bits per heavy atom. The van der Waals surface area contributed by atoms with Crippen molar-refractivity contribution >= 4 is 21.7 Å². The van der Waals surface area contributed by atoms with Crippen LogP contribution in [0.15, 0.2) is 65.7 Å². The van der Waals surface area contributed by atoms with E-state index in [4.69, 9.17) is 4.74 Å². The molecule has 2 aromatic carbocycles. The second-order valence-corrected chi connectivity index (χ2v) is 9.19. The van der Waals surface area contributed by atoms with Gasteiger partial charge in [0.15, 0.2) is 0 Å². The number of rotatable bonds is 9. The van der Waals surface area contributed by atoms with E-state index in [0.717, 1.165) is 24.2 Å². The fourth-order valence-corrected chi connectivity index (χ4v) is 4.46. The number of methoxy groups -OCH3 is 1. The van der Waals surface area contributed by atoms with Crippen LogP contribution in [0.25, 0.3) is 5.69 Å². The SMILES string of the molecule is COc1ccc(S(=O)(=O)NC2CC2)cc1NC(=O)NCCc1ccn(-c2ccccc2)n1. The average molecular weight is 456 g/mol.